The minimum Gasteiger partial charge on any atom is -0.479 e. The summed E-state index contributed by atoms with van der Waals surface area (Å²) in [5.41, 5.74) is 0.552. The molecule has 5 heteroatoms. The minimum atomic E-state index is -1.08. The Labute approximate surface area is 118 Å². The smallest absolute Gasteiger partial charge is 0.330 e. The monoisotopic (exact) mass is 277 g/mol. The second kappa shape index (κ2) is 8.87. The third-order valence-electron chi connectivity index (χ3n) is 2.61. The van der Waals surface area contributed by atoms with Gasteiger partial charge in [0.15, 0.2) is 6.04 Å². The van der Waals surface area contributed by atoms with E-state index in [0.29, 0.717) is 25.2 Å². The van der Waals surface area contributed by atoms with Gasteiger partial charge in [-0.05, 0) is 12.0 Å². The van der Waals surface area contributed by atoms with Gasteiger partial charge in [0, 0.05) is 13.0 Å². The number of aliphatic carboxylic acids is 1. The fourth-order valence-corrected chi connectivity index (χ4v) is 1.67. The van der Waals surface area contributed by atoms with Crippen LogP contribution in [-0.2, 0) is 14.3 Å². The molecule has 0 saturated carbocycles. The van der Waals surface area contributed by atoms with Gasteiger partial charge in [0.2, 0.25) is 5.91 Å². The van der Waals surface area contributed by atoms with Crippen LogP contribution in [0.15, 0.2) is 43.0 Å². The van der Waals surface area contributed by atoms with Crippen LogP contribution in [0.25, 0.3) is 0 Å². The number of carboxylic acids is 1. The molecule has 0 aliphatic carbocycles. The Kier molecular flexibility index (Phi) is 7.06. The van der Waals surface area contributed by atoms with Crippen molar-refractivity contribution in [2.24, 2.45) is 0 Å². The number of carbonyl (C=O) groups is 2. The quantitative estimate of drug-likeness (QED) is 0.534. The summed E-state index contributed by atoms with van der Waals surface area (Å²) in [7, 11) is 0. The van der Waals surface area contributed by atoms with Gasteiger partial charge >= 0.3 is 5.97 Å². The number of ether oxygens (including phenoxy) is 1. The molecule has 0 aliphatic heterocycles. The summed E-state index contributed by atoms with van der Waals surface area (Å²) in [4.78, 5) is 22.9. The molecule has 0 saturated heterocycles. The van der Waals surface area contributed by atoms with Crippen LogP contribution in [0.2, 0.25) is 0 Å². The Morgan fingerprint density at radius 2 is 2.05 bits per heavy atom. The van der Waals surface area contributed by atoms with Crippen LogP contribution in [0.3, 0.4) is 0 Å². The summed E-state index contributed by atoms with van der Waals surface area (Å²) >= 11 is 0. The maximum absolute atomic E-state index is 11.7. The molecule has 20 heavy (non-hydrogen) atoms. The van der Waals surface area contributed by atoms with E-state index in [2.05, 4.69) is 11.9 Å². The van der Waals surface area contributed by atoms with Gasteiger partial charge in [-0.15, -0.1) is 6.58 Å². The topological polar surface area (TPSA) is 75.6 Å². The molecule has 1 aromatic carbocycles. The molecule has 0 heterocycles. The van der Waals surface area contributed by atoms with Gasteiger partial charge < -0.3 is 15.2 Å². The van der Waals surface area contributed by atoms with Crippen molar-refractivity contribution < 1.29 is 19.4 Å². The highest BCUT2D eigenvalue weighted by molar-refractivity contribution is 5.84. The highest BCUT2D eigenvalue weighted by Crippen LogP contribution is 2.12. The predicted octanol–water partition coefficient (Wildman–Crippen LogP) is 1.91. The van der Waals surface area contributed by atoms with E-state index in [1.165, 1.54) is 0 Å². The largest absolute Gasteiger partial charge is 0.479 e. The van der Waals surface area contributed by atoms with Gasteiger partial charge in [0.1, 0.15) is 0 Å². The normalized spacial score (nSPS) is 11.6. The highest BCUT2D eigenvalue weighted by atomic mass is 16.5. The molecule has 1 rings (SSSR count). The lowest BCUT2D eigenvalue weighted by molar-refractivity contribution is -0.142. The predicted molar refractivity (Wildman–Crippen MR) is 75.2 cm³/mol. The summed E-state index contributed by atoms with van der Waals surface area (Å²) in [6.45, 7) is 4.41. The Morgan fingerprint density at radius 1 is 1.35 bits per heavy atom. The average Bonchev–Trinajstić information content (AvgIpc) is 2.45. The van der Waals surface area contributed by atoms with E-state index in [1.54, 1.807) is 36.4 Å². The van der Waals surface area contributed by atoms with Crippen molar-refractivity contribution >= 4 is 11.9 Å². The SMILES string of the molecule is C=CCOCCCC(=O)N[C@@H](C(=O)O)c1ccccc1. The Hall–Kier alpha value is -2.14. The molecule has 0 aromatic heterocycles. The molecule has 0 fully saturated rings. The second-order valence-corrected chi connectivity index (χ2v) is 4.22. The van der Waals surface area contributed by atoms with Crippen molar-refractivity contribution in [3.05, 3.63) is 48.6 Å². The van der Waals surface area contributed by atoms with Crippen molar-refractivity contribution in [1.29, 1.82) is 0 Å². The molecule has 1 aromatic rings. The third-order valence-corrected chi connectivity index (χ3v) is 2.61. The first-order chi connectivity index (χ1) is 9.65. The number of amides is 1. The minimum absolute atomic E-state index is 0.230. The van der Waals surface area contributed by atoms with E-state index in [0.717, 1.165) is 0 Å². The number of rotatable bonds is 9. The maximum atomic E-state index is 11.7. The molecule has 1 atom stereocenters. The van der Waals surface area contributed by atoms with E-state index in [9.17, 15) is 9.59 Å². The standard InChI is InChI=1S/C15H19NO4/c1-2-10-20-11-6-9-13(17)16-14(15(18)19)12-7-4-3-5-8-12/h2-5,7-8,14H,1,6,9-11H2,(H,16,17)(H,18,19)/t14-/m1/s1. The zero-order valence-electron chi connectivity index (χ0n) is 11.2. The van der Waals surface area contributed by atoms with Crippen molar-refractivity contribution in [3.8, 4) is 0 Å². The number of nitrogens with one attached hydrogen (secondary N) is 1. The zero-order valence-corrected chi connectivity index (χ0v) is 11.2. The van der Waals surface area contributed by atoms with Crippen LogP contribution >= 0.6 is 0 Å². The molecule has 5 nitrogen and oxygen atoms in total. The molecular weight excluding hydrogens is 258 g/mol. The van der Waals surface area contributed by atoms with E-state index < -0.39 is 12.0 Å². The maximum Gasteiger partial charge on any atom is 0.330 e. The first kappa shape index (κ1) is 15.9. The van der Waals surface area contributed by atoms with E-state index >= 15 is 0 Å². The van der Waals surface area contributed by atoms with Crippen molar-refractivity contribution in [1.82, 2.24) is 5.32 Å². The van der Waals surface area contributed by atoms with E-state index in [-0.39, 0.29) is 12.3 Å². The van der Waals surface area contributed by atoms with Gasteiger partial charge in [-0.25, -0.2) is 4.79 Å². The van der Waals surface area contributed by atoms with Crippen molar-refractivity contribution in [2.45, 2.75) is 18.9 Å². The molecule has 2 N–H and O–H groups in total. The molecular formula is C15H19NO4. The number of benzene rings is 1. The van der Waals surface area contributed by atoms with Gasteiger partial charge in [0.05, 0.1) is 6.61 Å². The van der Waals surface area contributed by atoms with Gasteiger partial charge in [-0.1, -0.05) is 36.4 Å². The Bertz CT molecular complexity index is 444. The Morgan fingerprint density at radius 3 is 2.65 bits per heavy atom. The molecule has 0 aliphatic rings. The van der Waals surface area contributed by atoms with Crippen LogP contribution in [0.5, 0.6) is 0 Å². The lowest BCUT2D eigenvalue weighted by atomic mass is 10.1. The molecule has 1 amide bonds. The molecule has 0 bridgehead atoms. The summed E-state index contributed by atoms with van der Waals surface area (Å²) in [6.07, 6.45) is 2.41. The van der Waals surface area contributed by atoms with E-state index in [4.69, 9.17) is 9.84 Å². The number of carboxylic acid groups (broad SMARTS) is 1. The summed E-state index contributed by atoms with van der Waals surface area (Å²) < 4.78 is 5.16. The summed E-state index contributed by atoms with van der Waals surface area (Å²) in [5.74, 6) is -1.38. The summed E-state index contributed by atoms with van der Waals surface area (Å²) in [5, 5.41) is 11.7. The van der Waals surface area contributed by atoms with Crippen LogP contribution in [0.4, 0.5) is 0 Å². The van der Waals surface area contributed by atoms with Gasteiger partial charge in [-0.2, -0.15) is 0 Å². The zero-order chi connectivity index (χ0) is 14.8. The average molecular weight is 277 g/mol. The lowest BCUT2D eigenvalue weighted by Gasteiger charge is -2.14. The molecule has 0 radical (unpaired) electrons. The highest BCUT2D eigenvalue weighted by Gasteiger charge is 2.21. The van der Waals surface area contributed by atoms with E-state index in [1.807, 2.05) is 0 Å². The first-order valence-electron chi connectivity index (χ1n) is 6.41. The number of hydrogen-bond acceptors (Lipinski definition) is 3. The lowest BCUT2D eigenvalue weighted by Crippen LogP contribution is -2.33. The fraction of sp³-hybridized carbons (Fsp3) is 0.333. The molecule has 0 unspecified atom stereocenters. The molecule has 0 spiro atoms. The number of carbonyl (C=O) groups excluding carboxylic acids is 1. The third kappa shape index (κ3) is 5.67. The Balaban J connectivity index is 2.44. The van der Waals surface area contributed by atoms with Gasteiger partial charge in [-0.3, -0.25) is 4.79 Å². The second-order valence-electron chi connectivity index (χ2n) is 4.22. The first-order valence-corrected chi connectivity index (χ1v) is 6.41. The van der Waals surface area contributed by atoms with Crippen LogP contribution in [0.1, 0.15) is 24.4 Å². The van der Waals surface area contributed by atoms with Crippen molar-refractivity contribution in [2.75, 3.05) is 13.2 Å². The fourth-order valence-electron chi connectivity index (χ4n) is 1.67. The molecule has 108 valence electrons. The van der Waals surface area contributed by atoms with Crippen molar-refractivity contribution in [3.63, 3.8) is 0 Å². The van der Waals surface area contributed by atoms with Crippen LogP contribution < -0.4 is 5.32 Å². The van der Waals surface area contributed by atoms with Crippen LogP contribution in [0, 0.1) is 0 Å². The summed E-state index contributed by atoms with van der Waals surface area (Å²) in [6, 6.07) is 7.60. The van der Waals surface area contributed by atoms with Crippen LogP contribution in [-0.4, -0.2) is 30.2 Å². The number of hydrogen-bond donors (Lipinski definition) is 2. The van der Waals surface area contributed by atoms with Gasteiger partial charge in [0.25, 0.3) is 0 Å².